The third-order valence-electron chi connectivity index (χ3n) is 1.05. The van der Waals surface area contributed by atoms with Crippen molar-refractivity contribution in [3.05, 3.63) is 0 Å². The van der Waals surface area contributed by atoms with Crippen LogP contribution < -0.4 is 0 Å². The van der Waals surface area contributed by atoms with Gasteiger partial charge in [-0.25, -0.2) is 0 Å². The minimum atomic E-state index is -0.211. The van der Waals surface area contributed by atoms with E-state index in [0.29, 0.717) is 6.61 Å². The number of unbranched alkanes of at least 4 members (excludes halogenated alkanes) is 1. The maximum atomic E-state index is 10.2. The van der Waals surface area contributed by atoms with Crippen LogP contribution in [0.1, 0.15) is 34.6 Å². The van der Waals surface area contributed by atoms with Gasteiger partial charge in [0.2, 0.25) is 0 Å². The van der Waals surface area contributed by atoms with Crippen LogP contribution in [0.15, 0.2) is 0 Å². The Morgan fingerprint density at radius 3 is 2.08 bits per heavy atom. The molecule has 12 heavy (non-hydrogen) atoms. The summed E-state index contributed by atoms with van der Waals surface area (Å²) in [6.45, 7) is 2.66. The average Bonchev–Trinajstić information content (AvgIpc) is 1.87. The Morgan fingerprint density at radius 1 is 1.17 bits per heavy atom. The first-order chi connectivity index (χ1) is 4.77. The highest BCUT2D eigenvalue weighted by molar-refractivity contribution is 5.65. The van der Waals surface area contributed by atoms with E-state index in [0.717, 1.165) is 19.4 Å². The zero-order valence-electron chi connectivity index (χ0n) is 6.55. The summed E-state index contributed by atoms with van der Waals surface area (Å²) in [5.74, 6) is -0.211. The van der Waals surface area contributed by atoms with Gasteiger partial charge >= 0.3 is 5.97 Å². The van der Waals surface area contributed by atoms with Crippen molar-refractivity contribution < 1.29 is 14.3 Å². The number of ether oxygens (including phenoxy) is 2. The summed E-state index contributed by atoms with van der Waals surface area (Å²) in [6.07, 6.45) is 1.83. The molecule has 0 saturated heterocycles. The van der Waals surface area contributed by atoms with E-state index < -0.39 is 0 Å². The molecular formula is C9H22O3. The Hall–Kier alpha value is -0.570. The number of hydrogen-bond acceptors (Lipinski definition) is 3. The van der Waals surface area contributed by atoms with Crippen molar-refractivity contribution in [3.8, 4) is 0 Å². The predicted octanol–water partition coefficient (Wildman–Crippen LogP) is 2.25. The summed E-state index contributed by atoms with van der Waals surface area (Å²) < 4.78 is 9.50. The molecule has 0 aliphatic heterocycles. The molecule has 0 radical (unpaired) electrons. The summed E-state index contributed by atoms with van der Waals surface area (Å²) >= 11 is 0. The van der Waals surface area contributed by atoms with Gasteiger partial charge in [-0.15, -0.1) is 0 Å². The van der Waals surface area contributed by atoms with Gasteiger partial charge < -0.3 is 9.47 Å². The normalized spacial score (nSPS) is 7.83. The number of carbonyl (C=O) groups excluding carboxylic acids is 1. The minimum Gasteiger partial charge on any atom is -0.466 e. The van der Waals surface area contributed by atoms with Gasteiger partial charge in [-0.2, -0.15) is 0 Å². The summed E-state index contributed by atoms with van der Waals surface area (Å²) in [5.41, 5.74) is 0. The summed E-state index contributed by atoms with van der Waals surface area (Å²) in [4.78, 5) is 10.2. The van der Waals surface area contributed by atoms with E-state index in [4.69, 9.17) is 9.47 Å². The van der Waals surface area contributed by atoms with Crippen LogP contribution in [-0.4, -0.2) is 26.3 Å². The zero-order valence-corrected chi connectivity index (χ0v) is 6.55. The van der Waals surface area contributed by atoms with Crippen LogP contribution in [0, 0.1) is 0 Å². The Morgan fingerprint density at radius 2 is 1.67 bits per heavy atom. The van der Waals surface area contributed by atoms with Gasteiger partial charge in [0.15, 0.2) is 0 Å². The van der Waals surface area contributed by atoms with E-state index in [9.17, 15) is 4.79 Å². The van der Waals surface area contributed by atoms with Gasteiger partial charge in [-0.3, -0.25) is 4.79 Å². The lowest BCUT2D eigenvalue weighted by Crippen LogP contribution is -2.01. The van der Waals surface area contributed by atoms with Crippen molar-refractivity contribution in [1.82, 2.24) is 0 Å². The van der Waals surface area contributed by atoms with Crippen LogP contribution in [0.2, 0.25) is 0 Å². The molecule has 3 nitrogen and oxygen atoms in total. The molecule has 0 N–H and O–H groups in total. The van der Waals surface area contributed by atoms with E-state index in [-0.39, 0.29) is 20.8 Å². The fourth-order valence-electron chi connectivity index (χ4n) is 0.564. The zero-order chi connectivity index (χ0) is 7.82. The molecule has 0 amide bonds. The summed E-state index contributed by atoms with van der Waals surface area (Å²) in [6, 6.07) is 0. The molecule has 0 heterocycles. The number of carbonyl (C=O) groups is 1. The molecule has 0 aliphatic carbocycles. The minimum absolute atomic E-state index is 0. The molecule has 0 unspecified atom stereocenters. The molecule has 0 atom stereocenters. The van der Waals surface area contributed by atoms with Crippen LogP contribution in [0.25, 0.3) is 0 Å². The van der Waals surface area contributed by atoms with Gasteiger partial charge in [0.05, 0.1) is 6.61 Å². The molecule has 0 aromatic carbocycles. The van der Waals surface area contributed by atoms with Crippen molar-refractivity contribution in [3.63, 3.8) is 0 Å². The van der Waals surface area contributed by atoms with E-state index in [1.54, 1.807) is 7.11 Å². The molecule has 0 rings (SSSR count). The van der Waals surface area contributed by atoms with Crippen molar-refractivity contribution in [2.45, 2.75) is 34.6 Å². The molecule has 0 spiro atoms. The highest BCUT2D eigenvalue weighted by Crippen LogP contribution is 1.90. The molecule has 76 valence electrons. The maximum absolute atomic E-state index is 10.2. The van der Waals surface area contributed by atoms with Crippen LogP contribution in [0.4, 0.5) is 0 Å². The second kappa shape index (κ2) is 13.1. The van der Waals surface area contributed by atoms with E-state index in [1.165, 1.54) is 6.92 Å². The van der Waals surface area contributed by atoms with Crippen molar-refractivity contribution in [2.24, 2.45) is 0 Å². The van der Waals surface area contributed by atoms with Crippen LogP contribution in [0.3, 0.4) is 0 Å². The van der Waals surface area contributed by atoms with Crippen LogP contribution >= 0.6 is 0 Å². The van der Waals surface area contributed by atoms with Gasteiger partial charge in [-0.1, -0.05) is 14.9 Å². The summed E-state index contributed by atoms with van der Waals surface area (Å²) in [5, 5.41) is 0. The molecule has 3 heteroatoms. The second-order valence-electron chi connectivity index (χ2n) is 2.04. The lowest BCUT2D eigenvalue weighted by molar-refractivity contribution is -0.141. The Labute approximate surface area is 76.1 Å². The average molecular weight is 178 g/mol. The Balaban J connectivity index is -0.000000405. The second-order valence-corrected chi connectivity index (χ2v) is 2.04. The molecule has 0 aromatic rings. The van der Waals surface area contributed by atoms with Crippen LogP contribution in [-0.2, 0) is 14.3 Å². The van der Waals surface area contributed by atoms with Gasteiger partial charge in [-0.05, 0) is 12.8 Å². The lowest BCUT2D eigenvalue weighted by Gasteiger charge is -1.99. The van der Waals surface area contributed by atoms with E-state index in [2.05, 4.69) is 0 Å². The van der Waals surface area contributed by atoms with Crippen molar-refractivity contribution in [1.29, 1.82) is 0 Å². The molecule has 0 aliphatic rings. The lowest BCUT2D eigenvalue weighted by atomic mass is 10.3. The fourth-order valence-corrected chi connectivity index (χ4v) is 0.564. The van der Waals surface area contributed by atoms with Crippen molar-refractivity contribution >= 4 is 5.97 Å². The maximum Gasteiger partial charge on any atom is 0.302 e. The quantitative estimate of drug-likeness (QED) is 0.478. The van der Waals surface area contributed by atoms with E-state index >= 15 is 0 Å². The third-order valence-corrected chi connectivity index (χ3v) is 1.05. The van der Waals surface area contributed by atoms with Gasteiger partial charge in [0, 0.05) is 20.6 Å². The van der Waals surface area contributed by atoms with Gasteiger partial charge in [0.25, 0.3) is 0 Å². The highest BCUT2D eigenvalue weighted by atomic mass is 16.5. The SMILES string of the molecule is C.C.COCCCCOC(C)=O. The number of hydrogen-bond donors (Lipinski definition) is 0. The molecule has 0 aromatic heterocycles. The van der Waals surface area contributed by atoms with E-state index in [1.807, 2.05) is 0 Å². The standard InChI is InChI=1S/C7H14O3.2CH4/c1-7(8)10-6-4-3-5-9-2;;/h3-6H2,1-2H3;2*1H4. The smallest absolute Gasteiger partial charge is 0.302 e. The van der Waals surface area contributed by atoms with Crippen LogP contribution in [0.5, 0.6) is 0 Å². The first-order valence-corrected chi connectivity index (χ1v) is 3.39. The molecule has 0 fully saturated rings. The van der Waals surface area contributed by atoms with Crippen molar-refractivity contribution in [2.75, 3.05) is 20.3 Å². The first-order valence-electron chi connectivity index (χ1n) is 3.39. The molecule has 0 saturated carbocycles. The number of rotatable bonds is 5. The monoisotopic (exact) mass is 178 g/mol. The molecule has 0 bridgehead atoms. The number of methoxy groups -OCH3 is 1. The third kappa shape index (κ3) is 16.2. The number of esters is 1. The Bertz CT molecular complexity index is 91.8. The summed E-state index contributed by atoms with van der Waals surface area (Å²) in [7, 11) is 1.66. The highest BCUT2D eigenvalue weighted by Gasteiger charge is 1.91. The molecular weight excluding hydrogens is 156 g/mol. The fraction of sp³-hybridized carbons (Fsp3) is 0.889. The predicted molar refractivity (Wildman–Crippen MR) is 51.2 cm³/mol. The first kappa shape index (κ1) is 17.5. The van der Waals surface area contributed by atoms with Gasteiger partial charge in [0.1, 0.15) is 0 Å². The Kier molecular flexibility index (Phi) is 19.0. The largest absolute Gasteiger partial charge is 0.466 e. The topological polar surface area (TPSA) is 35.5 Å².